The molecule has 0 spiro atoms. The number of hydrogen-bond acceptors (Lipinski definition) is 4. The van der Waals surface area contributed by atoms with Crippen molar-refractivity contribution >= 4 is 45.0 Å². The monoisotopic (exact) mass is 334 g/mol. The average Bonchev–Trinajstić information content (AvgIpc) is 2.93. The van der Waals surface area contributed by atoms with Gasteiger partial charge in [0.1, 0.15) is 0 Å². The van der Waals surface area contributed by atoms with E-state index in [1.54, 1.807) is 11.3 Å². The molecule has 1 aliphatic carbocycles. The largest absolute Gasteiger partial charge is 0.469 e. The van der Waals surface area contributed by atoms with Crippen molar-refractivity contribution in [3.05, 3.63) is 20.8 Å². The zero-order valence-corrected chi connectivity index (χ0v) is 12.9. The molecule has 5 heteroatoms. The summed E-state index contributed by atoms with van der Waals surface area (Å²) in [6, 6.07) is 2.16. The molecule has 0 atom stereocenters. The summed E-state index contributed by atoms with van der Waals surface area (Å²) in [7, 11) is 1.47. The van der Waals surface area contributed by atoms with Crippen LogP contribution < -0.4 is 0 Å². The molecule has 1 fully saturated rings. The van der Waals surface area contributed by atoms with Gasteiger partial charge in [0.2, 0.25) is 0 Å². The van der Waals surface area contributed by atoms with Gasteiger partial charge in [0.15, 0.2) is 0 Å². The molecule has 1 aromatic rings. The molecule has 0 unspecified atom stereocenters. The molecule has 17 heavy (non-hydrogen) atoms. The molecule has 0 N–H and O–H groups in total. The van der Waals surface area contributed by atoms with Gasteiger partial charge in [-0.05, 0) is 46.0 Å². The third-order valence-electron chi connectivity index (χ3n) is 2.98. The van der Waals surface area contributed by atoms with Crippen LogP contribution in [0, 0.1) is 5.41 Å². The minimum atomic E-state index is -0.0676. The van der Waals surface area contributed by atoms with Crippen molar-refractivity contribution in [1.29, 1.82) is 0 Å². The highest BCUT2D eigenvalue weighted by Crippen LogP contribution is 2.51. The molecule has 2 nitrogen and oxygen atoms in total. The predicted octanol–water partition coefficient (Wildman–Crippen LogP) is 4.09. The van der Waals surface area contributed by atoms with Crippen LogP contribution in [0.5, 0.6) is 0 Å². The Morgan fingerprint density at radius 1 is 1.65 bits per heavy atom. The van der Waals surface area contributed by atoms with Crippen molar-refractivity contribution in [3.63, 3.8) is 0 Å². The summed E-state index contributed by atoms with van der Waals surface area (Å²) in [6.45, 7) is 0. The first-order valence-electron chi connectivity index (χ1n) is 5.51. The first kappa shape index (κ1) is 13.4. The lowest BCUT2D eigenvalue weighted by Crippen LogP contribution is -2.13. The van der Waals surface area contributed by atoms with Crippen LogP contribution in [0.1, 0.15) is 24.1 Å². The fraction of sp³-hybridized carbons (Fsp3) is 0.583. The third kappa shape index (κ3) is 4.00. The molecule has 0 amide bonds. The number of methoxy groups -OCH3 is 1. The number of thioether (sulfide) groups is 1. The zero-order chi connectivity index (χ0) is 12.3. The minimum absolute atomic E-state index is 0.0676. The van der Waals surface area contributed by atoms with Gasteiger partial charge in [-0.25, -0.2) is 0 Å². The summed E-state index contributed by atoms with van der Waals surface area (Å²) in [5.41, 5.74) is 0.242. The van der Waals surface area contributed by atoms with Gasteiger partial charge in [-0.2, -0.15) is 11.8 Å². The maximum Gasteiger partial charge on any atom is 0.306 e. The first-order valence-corrected chi connectivity index (χ1v) is 8.34. The van der Waals surface area contributed by atoms with E-state index in [9.17, 15) is 4.79 Å². The fourth-order valence-electron chi connectivity index (χ4n) is 1.72. The van der Waals surface area contributed by atoms with Crippen LogP contribution in [0.25, 0.3) is 0 Å². The van der Waals surface area contributed by atoms with Crippen molar-refractivity contribution in [2.24, 2.45) is 5.41 Å². The highest BCUT2D eigenvalue weighted by molar-refractivity contribution is 9.10. The normalized spacial score (nSPS) is 16.8. The van der Waals surface area contributed by atoms with Crippen LogP contribution in [0.2, 0.25) is 0 Å². The summed E-state index contributed by atoms with van der Waals surface area (Å²) in [5.74, 6) is 2.04. The van der Waals surface area contributed by atoms with Crippen molar-refractivity contribution in [3.8, 4) is 0 Å². The molecule has 0 aliphatic heterocycles. The number of ether oxygens (including phenoxy) is 1. The van der Waals surface area contributed by atoms with Gasteiger partial charge in [-0.1, -0.05) is 0 Å². The maximum absolute atomic E-state index is 11.3. The lowest BCUT2D eigenvalue weighted by atomic mass is 10.1. The van der Waals surface area contributed by atoms with Gasteiger partial charge >= 0.3 is 5.97 Å². The predicted molar refractivity (Wildman–Crippen MR) is 76.5 cm³/mol. The number of rotatable bonds is 6. The Morgan fingerprint density at radius 2 is 2.41 bits per heavy atom. The Labute approximate surface area is 118 Å². The second kappa shape index (κ2) is 5.76. The SMILES string of the molecule is COC(=O)CC1(CSCc2cc(Br)cs2)CC1. The Hall–Kier alpha value is -0.0000000000000000833. The van der Waals surface area contributed by atoms with E-state index in [2.05, 4.69) is 27.4 Å². The Balaban J connectivity index is 1.73. The summed E-state index contributed by atoms with van der Waals surface area (Å²) in [6.07, 6.45) is 2.93. The second-order valence-corrected chi connectivity index (χ2v) is 7.37. The van der Waals surface area contributed by atoms with Crippen molar-refractivity contribution in [2.75, 3.05) is 12.9 Å². The van der Waals surface area contributed by atoms with Crippen molar-refractivity contribution in [2.45, 2.75) is 25.0 Å². The molecule has 0 bridgehead atoms. The van der Waals surface area contributed by atoms with Gasteiger partial charge in [-0.15, -0.1) is 11.3 Å². The van der Waals surface area contributed by atoms with E-state index in [0.717, 1.165) is 16.0 Å². The highest BCUT2D eigenvalue weighted by Gasteiger charge is 2.44. The van der Waals surface area contributed by atoms with E-state index in [4.69, 9.17) is 4.74 Å². The number of hydrogen-bond donors (Lipinski definition) is 0. The fourth-order valence-corrected chi connectivity index (χ4v) is 4.69. The molecular formula is C12H15BrO2S2. The number of carbonyl (C=O) groups is 1. The van der Waals surface area contributed by atoms with Gasteiger partial charge in [0, 0.05) is 20.5 Å². The molecule has 0 saturated heterocycles. The van der Waals surface area contributed by atoms with Crippen LogP contribution in [0.4, 0.5) is 0 Å². The number of thiophene rings is 1. The second-order valence-electron chi connectivity index (χ2n) is 4.48. The topological polar surface area (TPSA) is 26.3 Å². The smallest absolute Gasteiger partial charge is 0.306 e. The third-order valence-corrected chi connectivity index (χ3v) is 6.19. The minimum Gasteiger partial charge on any atom is -0.469 e. The molecule has 94 valence electrons. The Kier molecular flexibility index (Phi) is 4.55. The highest BCUT2D eigenvalue weighted by atomic mass is 79.9. The van der Waals surface area contributed by atoms with Crippen LogP contribution in [-0.4, -0.2) is 18.8 Å². The Morgan fingerprint density at radius 3 is 2.94 bits per heavy atom. The molecule has 1 aliphatic rings. The number of halogens is 1. The lowest BCUT2D eigenvalue weighted by molar-refractivity contribution is -0.141. The van der Waals surface area contributed by atoms with Crippen molar-refractivity contribution < 1.29 is 9.53 Å². The van der Waals surface area contributed by atoms with E-state index in [1.807, 2.05) is 11.8 Å². The average molecular weight is 335 g/mol. The first-order chi connectivity index (χ1) is 8.13. The van der Waals surface area contributed by atoms with Crippen LogP contribution >= 0.6 is 39.0 Å². The molecule has 0 radical (unpaired) electrons. The molecule has 0 aromatic carbocycles. The van der Waals surface area contributed by atoms with Crippen LogP contribution in [-0.2, 0) is 15.3 Å². The number of carbonyl (C=O) groups excluding carboxylic acids is 1. The zero-order valence-electron chi connectivity index (χ0n) is 9.70. The van der Waals surface area contributed by atoms with E-state index >= 15 is 0 Å². The van der Waals surface area contributed by atoms with E-state index in [1.165, 1.54) is 24.8 Å². The van der Waals surface area contributed by atoms with E-state index in [0.29, 0.717) is 6.42 Å². The Bertz CT molecular complexity index is 399. The summed E-state index contributed by atoms with van der Waals surface area (Å²) >= 11 is 7.16. The van der Waals surface area contributed by atoms with Crippen LogP contribution in [0.15, 0.2) is 15.9 Å². The summed E-state index contributed by atoms with van der Waals surface area (Å²) in [4.78, 5) is 12.7. The van der Waals surface area contributed by atoms with E-state index in [-0.39, 0.29) is 11.4 Å². The number of esters is 1. The standard InChI is InChI=1S/C12H15BrO2S2/c1-15-11(14)5-12(2-3-12)8-16-7-10-4-9(13)6-17-10/h4,6H,2-3,5,7-8H2,1H3. The molecule has 1 aromatic heterocycles. The maximum atomic E-state index is 11.3. The summed E-state index contributed by atoms with van der Waals surface area (Å²) in [5, 5.41) is 2.11. The van der Waals surface area contributed by atoms with Gasteiger partial charge in [-0.3, -0.25) is 4.79 Å². The lowest BCUT2D eigenvalue weighted by Gasteiger charge is -2.12. The molecular weight excluding hydrogens is 320 g/mol. The molecule has 2 rings (SSSR count). The molecule has 1 saturated carbocycles. The van der Waals surface area contributed by atoms with Crippen molar-refractivity contribution in [1.82, 2.24) is 0 Å². The quantitative estimate of drug-likeness (QED) is 0.733. The molecule has 1 heterocycles. The van der Waals surface area contributed by atoms with E-state index < -0.39 is 0 Å². The van der Waals surface area contributed by atoms with Gasteiger partial charge in [0.05, 0.1) is 13.5 Å². The van der Waals surface area contributed by atoms with Gasteiger partial charge < -0.3 is 4.74 Å². The van der Waals surface area contributed by atoms with Crippen LogP contribution in [0.3, 0.4) is 0 Å². The van der Waals surface area contributed by atoms with Gasteiger partial charge in [0.25, 0.3) is 0 Å². The summed E-state index contributed by atoms with van der Waals surface area (Å²) < 4.78 is 5.90.